The number of nitrogen functional groups attached to an aromatic ring is 1. The average Bonchev–Trinajstić information content (AvgIpc) is 2.28. The number of ether oxygens (including phenoxy) is 2. The number of benzene rings is 1. The van der Waals surface area contributed by atoms with Crippen molar-refractivity contribution in [1.29, 1.82) is 0 Å². The Morgan fingerprint density at radius 3 is 2.72 bits per heavy atom. The predicted octanol–water partition coefficient (Wildman–Crippen LogP) is 2.90. The van der Waals surface area contributed by atoms with Crippen molar-refractivity contribution >= 4 is 17.5 Å². The lowest BCUT2D eigenvalue weighted by Gasteiger charge is -2.07. The molecule has 0 fully saturated rings. The number of rotatable bonds is 4. The lowest BCUT2D eigenvalue weighted by Crippen LogP contribution is -1.97. The summed E-state index contributed by atoms with van der Waals surface area (Å²) >= 11 is 5.76. The van der Waals surface area contributed by atoms with E-state index in [1.54, 1.807) is 12.1 Å². The van der Waals surface area contributed by atoms with Crippen LogP contribution in [0.4, 0.5) is 5.95 Å². The summed E-state index contributed by atoms with van der Waals surface area (Å²) in [6.45, 7) is 2.51. The monoisotopic (exact) mass is 265 g/mol. The summed E-state index contributed by atoms with van der Waals surface area (Å²) in [5, 5.41) is 0.235. The van der Waals surface area contributed by atoms with Crippen LogP contribution in [0.5, 0.6) is 17.4 Å². The van der Waals surface area contributed by atoms with Crippen LogP contribution in [0.2, 0.25) is 5.15 Å². The third-order valence-corrected chi connectivity index (χ3v) is 2.22. The molecule has 0 spiro atoms. The molecule has 0 atom stereocenters. The first-order chi connectivity index (χ1) is 8.67. The van der Waals surface area contributed by atoms with Crippen LogP contribution in [0, 0.1) is 0 Å². The molecule has 0 saturated carbocycles. The molecule has 0 unspecified atom stereocenters. The maximum absolute atomic E-state index is 5.76. The van der Waals surface area contributed by atoms with E-state index in [0.717, 1.165) is 5.75 Å². The Labute approximate surface area is 110 Å². The van der Waals surface area contributed by atoms with Crippen LogP contribution in [0.25, 0.3) is 0 Å². The van der Waals surface area contributed by atoms with Crippen LogP contribution in [0.15, 0.2) is 30.3 Å². The normalized spacial score (nSPS) is 10.1. The second kappa shape index (κ2) is 5.55. The Balaban J connectivity index is 2.20. The fourth-order valence-corrected chi connectivity index (χ4v) is 1.56. The maximum atomic E-state index is 5.76. The first-order valence-corrected chi connectivity index (χ1v) is 5.76. The van der Waals surface area contributed by atoms with Crippen LogP contribution in [0.3, 0.4) is 0 Å². The number of hydrogen-bond donors (Lipinski definition) is 1. The van der Waals surface area contributed by atoms with Gasteiger partial charge < -0.3 is 15.2 Å². The zero-order valence-electron chi connectivity index (χ0n) is 9.76. The van der Waals surface area contributed by atoms with Crippen molar-refractivity contribution in [3.63, 3.8) is 0 Å². The van der Waals surface area contributed by atoms with Crippen LogP contribution >= 0.6 is 11.6 Å². The van der Waals surface area contributed by atoms with E-state index in [1.807, 2.05) is 19.1 Å². The Hall–Kier alpha value is -2.01. The molecule has 94 valence electrons. The van der Waals surface area contributed by atoms with Crippen LogP contribution in [0.1, 0.15) is 6.92 Å². The molecule has 6 heteroatoms. The summed E-state index contributed by atoms with van der Waals surface area (Å²) in [6.07, 6.45) is 0. The summed E-state index contributed by atoms with van der Waals surface area (Å²) in [5.41, 5.74) is 5.48. The van der Waals surface area contributed by atoms with Gasteiger partial charge in [-0.2, -0.15) is 4.98 Å². The lowest BCUT2D eigenvalue weighted by atomic mass is 10.3. The molecule has 1 heterocycles. The Bertz CT molecular complexity index is 528. The van der Waals surface area contributed by atoms with Crippen molar-refractivity contribution in [3.8, 4) is 17.4 Å². The fraction of sp³-hybridized carbons (Fsp3) is 0.167. The number of anilines is 1. The van der Waals surface area contributed by atoms with Gasteiger partial charge in [0.2, 0.25) is 11.8 Å². The van der Waals surface area contributed by atoms with Crippen molar-refractivity contribution in [2.75, 3.05) is 12.3 Å². The fourth-order valence-electron chi connectivity index (χ4n) is 1.38. The predicted molar refractivity (Wildman–Crippen MR) is 69.1 cm³/mol. The van der Waals surface area contributed by atoms with Gasteiger partial charge in [0.25, 0.3) is 0 Å². The molecule has 2 rings (SSSR count). The van der Waals surface area contributed by atoms with E-state index in [2.05, 4.69) is 9.97 Å². The van der Waals surface area contributed by atoms with Gasteiger partial charge in [-0.15, -0.1) is 0 Å². The molecule has 0 aliphatic heterocycles. The largest absolute Gasteiger partial charge is 0.494 e. The van der Waals surface area contributed by atoms with E-state index >= 15 is 0 Å². The van der Waals surface area contributed by atoms with Crippen LogP contribution in [-0.4, -0.2) is 16.6 Å². The number of hydrogen-bond acceptors (Lipinski definition) is 5. The van der Waals surface area contributed by atoms with Crippen molar-refractivity contribution in [3.05, 3.63) is 35.5 Å². The third-order valence-electron chi connectivity index (χ3n) is 2.03. The minimum absolute atomic E-state index is 0.0680. The number of nitrogens with two attached hydrogens (primary N) is 1. The van der Waals surface area contributed by atoms with Gasteiger partial charge in [0, 0.05) is 12.1 Å². The van der Waals surface area contributed by atoms with Crippen molar-refractivity contribution < 1.29 is 9.47 Å². The number of aromatic nitrogens is 2. The Morgan fingerprint density at radius 1 is 1.22 bits per heavy atom. The van der Waals surface area contributed by atoms with Gasteiger partial charge in [-0.05, 0) is 19.1 Å². The summed E-state index contributed by atoms with van der Waals surface area (Å²) in [6, 6.07) is 8.71. The van der Waals surface area contributed by atoms with Gasteiger partial charge >= 0.3 is 0 Å². The van der Waals surface area contributed by atoms with Crippen molar-refractivity contribution in [1.82, 2.24) is 9.97 Å². The molecule has 0 saturated heterocycles. The lowest BCUT2D eigenvalue weighted by molar-refractivity contribution is 0.338. The minimum atomic E-state index is 0.0680. The minimum Gasteiger partial charge on any atom is -0.494 e. The average molecular weight is 266 g/mol. The second-order valence-corrected chi connectivity index (χ2v) is 3.78. The SMILES string of the molecule is CCOc1cccc(Oc2cc(Cl)nc(N)n2)c1. The van der Waals surface area contributed by atoms with Crippen molar-refractivity contribution in [2.24, 2.45) is 0 Å². The molecular formula is C12H12ClN3O2. The summed E-state index contributed by atoms with van der Waals surface area (Å²) in [7, 11) is 0. The number of nitrogens with zero attached hydrogens (tertiary/aromatic N) is 2. The van der Waals surface area contributed by atoms with E-state index in [1.165, 1.54) is 6.07 Å². The highest BCUT2D eigenvalue weighted by molar-refractivity contribution is 6.29. The summed E-state index contributed by atoms with van der Waals surface area (Å²) < 4.78 is 10.9. The molecule has 1 aromatic heterocycles. The molecule has 0 amide bonds. The molecule has 18 heavy (non-hydrogen) atoms. The third kappa shape index (κ3) is 3.24. The summed E-state index contributed by atoms with van der Waals surface area (Å²) in [4.78, 5) is 7.67. The van der Waals surface area contributed by atoms with Gasteiger partial charge in [-0.1, -0.05) is 17.7 Å². The van der Waals surface area contributed by atoms with E-state index in [9.17, 15) is 0 Å². The van der Waals surface area contributed by atoms with Crippen LogP contribution in [-0.2, 0) is 0 Å². The topological polar surface area (TPSA) is 70.3 Å². The van der Waals surface area contributed by atoms with E-state index in [-0.39, 0.29) is 11.1 Å². The molecular weight excluding hydrogens is 254 g/mol. The second-order valence-electron chi connectivity index (χ2n) is 3.40. The molecule has 2 aromatic rings. The molecule has 0 bridgehead atoms. The number of halogens is 1. The highest BCUT2D eigenvalue weighted by Gasteiger charge is 2.04. The van der Waals surface area contributed by atoms with E-state index in [4.69, 9.17) is 26.8 Å². The first-order valence-electron chi connectivity index (χ1n) is 5.38. The molecule has 5 nitrogen and oxygen atoms in total. The maximum Gasteiger partial charge on any atom is 0.225 e. The molecule has 0 aliphatic carbocycles. The van der Waals surface area contributed by atoms with E-state index in [0.29, 0.717) is 18.2 Å². The Morgan fingerprint density at radius 2 is 2.00 bits per heavy atom. The summed E-state index contributed by atoms with van der Waals surface area (Å²) in [5.74, 6) is 1.68. The first kappa shape index (κ1) is 12.4. The Kier molecular flexibility index (Phi) is 3.84. The van der Waals surface area contributed by atoms with Gasteiger partial charge in [-0.25, -0.2) is 4.98 Å². The van der Waals surface area contributed by atoms with Gasteiger partial charge in [0.1, 0.15) is 16.7 Å². The highest BCUT2D eigenvalue weighted by atomic mass is 35.5. The quantitative estimate of drug-likeness (QED) is 0.861. The zero-order chi connectivity index (χ0) is 13.0. The molecule has 1 aromatic carbocycles. The smallest absolute Gasteiger partial charge is 0.225 e. The standard InChI is InChI=1S/C12H12ClN3O2/c1-2-17-8-4-3-5-9(6-8)18-11-7-10(13)15-12(14)16-11/h3-7H,2H2,1H3,(H2,14,15,16). The zero-order valence-corrected chi connectivity index (χ0v) is 10.5. The molecule has 2 N–H and O–H groups in total. The molecule has 0 aliphatic rings. The van der Waals surface area contributed by atoms with Gasteiger partial charge in [0.15, 0.2) is 0 Å². The highest BCUT2D eigenvalue weighted by Crippen LogP contribution is 2.25. The molecule has 0 radical (unpaired) electrons. The van der Waals surface area contributed by atoms with Gasteiger partial charge in [0.05, 0.1) is 6.61 Å². The van der Waals surface area contributed by atoms with Crippen LogP contribution < -0.4 is 15.2 Å². The van der Waals surface area contributed by atoms with Crippen molar-refractivity contribution in [2.45, 2.75) is 6.92 Å². The van der Waals surface area contributed by atoms with Gasteiger partial charge in [-0.3, -0.25) is 0 Å². The van der Waals surface area contributed by atoms with E-state index < -0.39 is 0 Å².